The number of methoxy groups -OCH3 is 1. The molecule has 0 spiro atoms. The first-order valence-corrected chi connectivity index (χ1v) is 10.7. The Bertz CT molecular complexity index is 979. The van der Waals surface area contributed by atoms with Gasteiger partial charge in [-0.05, 0) is 35.7 Å². The van der Waals surface area contributed by atoms with E-state index in [1.54, 1.807) is 19.5 Å². The number of ether oxygens (including phenoxy) is 2. The second-order valence-corrected chi connectivity index (χ2v) is 8.01. The van der Waals surface area contributed by atoms with Crippen LogP contribution in [0.5, 0.6) is 11.6 Å². The Morgan fingerprint density at radius 2 is 1.87 bits per heavy atom. The maximum Gasteiger partial charge on any atom is 0.219 e. The van der Waals surface area contributed by atoms with Gasteiger partial charge in [0.15, 0.2) is 5.82 Å². The van der Waals surface area contributed by atoms with Crippen molar-refractivity contribution in [2.75, 3.05) is 31.6 Å². The fourth-order valence-electron chi connectivity index (χ4n) is 3.59. The van der Waals surface area contributed by atoms with Gasteiger partial charge in [-0.15, -0.1) is 0 Å². The van der Waals surface area contributed by atoms with Gasteiger partial charge in [-0.2, -0.15) is 4.98 Å². The predicted octanol–water partition coefficient (Wildman–Crippen LogP) is 3.56. The Labute approximate surface area is 183 Å². The van der Waals surface area contributed by atoms with E-state index in [0.29, 0.717) is 30.3 Å². The van der Waals surface area contributed by atoms with Crippen molar-refractivity contribution in [3.05, 3.63) is 60.4 Å². The van der Waals surface area contributed by atoms with Gasteiger partial charge in [0.25, 0.3) is 0 Å². The van der Waals surface area contributed by atoms with Crippen LogP contribution in [0.3, 0.4) is 0 Å². The average Bonchev–Trinajstić information content (AvgIpc) is 2.83. The summed E-state index contributed by atoms with van der Waals surface area (Å²) in [6.45, 7) is 7.64. The summed E-state index contributed by atoms with van der Waals surface area (Å²) in [6.07, 6.45) is 3.51. The lowest BCUT2D eigenvalue weighted by Crippen LogP contribution is -2.53. The second kappa shape index (κ2) is 9.75. The molecule has 1 aliphatic rings. The van der Waals surface area contributed by atoms with Crippen molar-refractivity contribution in [1.82, 2.24) is 20.3 Å². The summed E-state index contributed by atoms with van der Waals surface area (Å²) in [5.74, 6) is 3.47. The fraction of sp³-hybridized carbons (Fsp3) is 0.375. The Morgan fingerprint density at radius 1 is 1.10 bits per heavy atom. The van der Waals surface area contributed by atoms with Crippen LogP contribution >= 0.6 is 0 Å². The van der Waals surface area contributed by atoms with Crippen molar-refractivity contribution in [2.45, 2.75) is 26.5 Å². The zero-order valence-corrected chi connectivity index (χ0v) is 18.3. The van der Waals surface area contributed by atoms with Crippen LogP contribution < -0.4 is 19.7 Å². The quantitative estimate of drug-likeness (QED) is 0.628. The highest BCUT2D eigenvalue weighted by Crippen LogP contribution is 2.25. The van der Waals surface area contributed by atoms with Crippen molar-refractivity contribution in [3.8, 4) is 23.0 Å². The molecule has 0 radical (unpaired) electrons. The molecule has 1 N–H and O–H groups in total. The van der Waals surface area contributed by atoms with E-state index < -0.39 is 0 Å². The first-order valence-electron chi connectivity index (χ1n) is 10.7. The van der Waals surface area contributed by atoms with Gasteiger partial charge >= 0.3 is 0 Å². The van der Waals surface area contributed by atoms with E-state index in [4.69, 9.17) is 14.5 Å². The molecule has 4 rings (SSSR count). The van der Waals surface area contributed by atoms with Crippen LogP contribution in [-0.2, 0) is 6.61 Å². The first kappa shape index (κ1) is 21.1. The lowest BCUT2D eigenvalue weighted by Gasteiger charge is -2.36. The predicted molar refractivity (Wildman–Crippen MR) is 121 cm³/mol. The van der Waals surface area contributed by atoms with E-state index in [0.717, 1.165) is 42.3 Å². The highest BCUT2D eigenvalue weighted by molar-refractivity contribution is 5.58. The Kier molecular flexibility index (Phi) is 6.62. The molecule has 1 saturated heterocycles. The summed E-state index contributed by atoms with van der Waals surface area (Å²) in [4.78, 5) is 16.0. The Balaban J connectivity index is 1.60. The van der Waals surface area contributed by atoms with Gasteiger partial charge in [0.2, 0.25) is 5.88 Å². The standard InChI is InChI=1S/C24H29N5O2/c1-17(2)21-15-29(13-12-26-21)22-14-23(28-24(27-22)19-8-10-25-11-9-19)31-16-18-4-6-20(30-3)7-5-18/h4-11,14,17,21,26H,12-13,15-16H2,1-3H3/t21-/m1/s1. The van der Waals surface area contributed by atoms with Gasteiger partial charge < -0.3 is 19.7 Å². The molecule has 0 aliphatic carbocycles. The minimum atomic E-state index is 0.423. The molecular formula is C24H29N5O2. The number of nitrogens with one attached hydrogen (secondary N) is 1. The lowest BCUT2D eigenvalue weighted by molar-refractivity contribution is 0.293. The zero-order valence-electron chi connectivity index (χ0n) is 18.3. The van der Waals surface area contributed by atoms with Gasteiger partial charge in [0, 0.05) is 49.7 Å². The largest absolute Gasteiger partial charge is 0.497 e. The lowest BCUT2D eigenvalue weighted by atomic mass is 10.0. The van der Waals surface area contributed by atoms with Crippen molar-refractivity contribution < 1.29 is 9.47 Å². The molecule has 1 fully saturated rings. The van der Waals surface area contributed by atoms with E-state index in [-0.39, 0.29) is 0 Å². The third-order valence-electron chi connectivity index (χ3n) is 5.51. The normalized spacial score (nSPS) is 16.4. The SMILES string of the molecule is COc1ccc(COc2cc(N3CCN[C@@H](C(C)C)C3)nc(-c3ccncc3)n2)cc1. The molecule has 0 unspecified atom stereocenters. The van der Waals surface area contributed by atoms with Crippen molar-refractivity contribution >= 4 is 5.82 Å². The van der Waals surface area contributed by atoms with Crippen LogP contribution in [0.1, 0.15) is 19.4 Å². The van der Waals surface area contributed by atoms with Gasteiger partial charge in [-0.1, -0.05) is 26.0 Å². The number of hydrogen-bond acceptors (Lipinski definition) is 7. The molecule has 31 heavy (non-hydrogen) atoms. The van der Waals surface area contributed by atoms with E-state index in [2.05, 4.69) is 34.0 Å². The highest BCUT2D eigenvalue weighted by Gasteiger charge is 2.24. The molecule has 162 valence electrons. The van der Waals surface area contributed by atoms with Crippen molar-refractivity contribution in [3.63, 3.8) is 0 Å². The number of anilines is 1. The summed E-state index contributed by atoms with van der Waals surface area (Å²) < 4.78 is 11.3. The minimum absolute atomic E-state index is 0.423. The van der Waals surface area contributed by atoms with E-state index in [9.17, 15) is 0 Å². The summed E-state index contributed by atoms with van der Waals surface area (Å²) >= 11 is 0. The van der Waals surface area contributed by atoms with E-state index in [1.165, 1.54) is 0 Å². The number of nitrogens with zero attached hydrogens (tertiary/aromatic N) is 4. The van der Waals surface area contributed by atoms with E-state index in [1.807, 2.05) is 42.5 Å². The van der Waals surface area contributed by atoms with Crippen molar-refractivity contribution in [1.29, 1.82) is 0 Å². The maximum absolute atomic E-state index is 6.08. The summed E-state index contributed by atoms with van der Waals surface area (Å²) in [7, 11) is 1.66. The maximum atomic E-state index is 6.08. The molecule has 1 aromatic carbocycles. The van der Waals surface area contributed by atoms with Crippen LogP contribution in [0.15, 0.2) is 54.9 Å². The Morgan fingerprint density at radius 3 is 2.58 bits per heavy atom. The molecule has 0 amide bonds. The van der Waals surface area contributed by atoms with E-state index >= 15 is 0 Å². The molecule has 0 saturated carbocycles. The number of piperazine rings is 1. The molecule has 2 aromatic heterocycles. The molecule has 0 bridgehead atoms. The van der Waals surface area contributed by atoms with Crippen molar-refractivity contribution in [2.24, 2.45) is 5.92 Å². The van der Waals surface area contributed by atoms with Gasteiger partial charge in [-0.25, -0.2) is 4.98 Å². The summed E-state index contributed by atoms with van der Waals surface area (Å²) in [5, 5.41) is 3.60. The molecular weight excluding hydrogens is 390 g/mol. The third-order valence-corrected chi connectivity index (χ3v) is 5.51. The molecule has 1 atom stereocenters. The average molecular weight is 420 g/mol. The van der Waals surface area contributed by atoms with Gasteiger partial charge in [-0.3, -0.25) is 4.98 Å². The fourth-order valence-corrected chi connectivity index (χ4v) is 3.59. The second-order valence-electron chi connectivity index (χ2n) is 8.01. The summed E-state index contributed by atoms with van der Waals surface area (Å²) in [5.41, 5.74) is 1.97. The number of benzene rings is 1. The minimum Gasteiger partial charge on any atom is -0.497 e. The van der Waals surface area contributed by atoms with Crippen LogP contribution in [-0.4, -0.2) is 47.7 Å². The van der Waals surface area contributed by atoms with Crippen LogP contribution in [0.4, 0.5) is 5.82 Å². The van der Waals surface area contributed by atoms with Gasteiger partial charge in [0.05, 0.1) is 7.11 Å². The Hall–Kier alpha value is -3.19. The smallest absolute Gasteiger partial charge is 0.219 e. The molecule has 7 heteroatoms. The number of rotatable bonds is 7. The molecule has 1 aliphatic heterocycles. The number of hydrogen-bond donors (Lipinski definition) is 1. The zero-order chi connectivity index (χ0) is 21.6. The third kappa shape index (κ3) is 5.30. The number of pyridine rings is 1. The van der Waals surface area contributed by atoms with Crippen LogP contribution in [0.25, 0.3) is 11.4 Å². The van der Waals surface area contributed by atoms with Crippen LogP contribution in [0, 0.1) is 5.92 Å². The molecule has 7 nitrogen and oxygen atoms in total. The molecule has 3 heterocycles. The van der Waals surface area contributed by atoms with Crippen LogP contribution in [0.2, 0.25) is 0 Å². The highest BCUT2D eigenvalue weighted by atomic mass is 16.5. The summed E-state index contributed by atoms with van der Waals surface area (Å²) in [6, 6.07) is 14.1. The number of aromatic nitrogens is 3. The topological polar surface area (TPSA) is 72.4 Å². The monoisotopic (exact) mass is 419 g/mol. The van der Waals surface area contributed by atoms with Gasteiger partial charge in [0.1, 0.15) is 18.2 Å². The first-order chi connectivity index (χ1) is 15.1. The molecule has 3 aromatic rings.